The summed E-state index contributed by atoms with van der Waals surface area (Å²) in [5, 5.41) is 3.04. The maximum absolute atomic E-state index is 12.5. The zero-order chi connectivity index (χ0) is 18.6. The van der Waals surface area contributed by atoms with Crippen LogP contribution in [-0.2, 0) is 19.1 Å². The maximum atomic E-state index is 12.5. The van der Waals surface area contributed by atoms with Gasteiger partial charge in [0.1, 0.15) is 11.7 Å². The topological polar surface area (TPSA) is 102 Å². The first kappa shape index (κ1) is 18.7. The van der Waals surface area contributed by atoms with Crippen LogP contribution >= 0.6 is 11.3 Å². The van der Waals surface area contributed by atoms with Crippen molar-refractivity contribution in [1.29, 1.82) is 0 Å². The van der Waals surface area contributed by atoms with E-state index in [-0.39, 0.29) is 24.7 Å². The molecule has 2 aromatic rings. The van der Waals surface area contributed by atoms with Crippen LogP contribution in [0.25, 0.3) is 10.2 Å². The number of hydrogen-bond donors (Lipinski definition) is 1. The third-order valence-electron chi connectivity index (χ3n) is 3.44. The second-order valence-corrected chi connectivity index (χ2v) is 6.46. The molecule has 1 aromatic heterocycles. The first-order valence-electron chi connectivity index (χ1n) is 7.70. The quantitative estimate of drug-likeness (QED) is 0.461. The number of fused-ring (bicyclic) bond motifs is 1. The number of nitrogens with one attached hydrogen (secondary N) is 1. The Morgan fingerprint density at radius 3 is 2.56 bits per heavy atom. The number of hydrogen-bond acceptors (Lipinski definition) is 7. The molecule has 0 aliphatic carbocycles. The van der Waals surface area contributed by atoms with Crippen molar-refractivity contribution in [3.8, 4) is 0 Å². The maximum Gasteiger partial charge on any atom is 0.316 e. The molecule has 0 spiro atoms. The Morgan fingerprint density at radius 2 is 1.96 bits per heavy atom. The number of nitrogens with zero attached hydrogens (tertiary/aromatic N) is 1. The van der Waals surface area contributed by atoms with Crippen LogP contribution < -0.4 is 5.32 Å². The molecule has 0 saturated carbocycles. The van der Waals surface area contributed by atoms with Gasteiger partial charge in [-0.3, -0.25) is 19.2 Å². The van der Waals surface area contributed by atoms with Crippen molar-refractivity contribution in [3.63, 3.8) is 0 Å². The number of anilines is 1. The second-order valence-electron chi connectivity index (χ2n) is 5.43. The van der Waals surface area contributed by atoms with Crippen molar-refractivity contribution in [2.75, 3.05) is 11.9 Å². The summed E-state index contributed by atoms with van der Waals surface area (Å²) in [6.45, 7) is 4.44. The number of esters is 1. The van der Waals surface area contributed by atoms with Gasteiger partial charge in [-0.15, -0.1) is 0 Å². The van der Waals surface area contributed by atoms with E-state index in [1.165, 1.54) is 25.2 Å². The second kappa shape index (κ2) is 7.98. The molecule has 0 bridgehead atoms. The highest BCUT2D eigenvalue weighted by atomic mass is 32.1. The van der Waals surface area contributed by atoms with Crippen LogP contribution in [0, 0.1) is 5.92 Å². The van der Waals surface area contributed by atoms with Crippen LogP contribution in [0.4, 0.5) is 5.13 Å². The standard InChI is InChI=1S/C17H18N2O5S/c1-4-24-16(23)12(9(2)20)8-14(22)11-5-6-13-15(7-11)25-17(19-13)18-10(3)21/h5-7,12H,4,8H2,1-3H3,(H,18,19,21). The molecular weight excluding hydrogens is 344 g/mol. The Balaban J connectivity index is 2.21. The number of thiazole rings is 1. The first-order valence-corrected chi connectivity index (χ1v) is 8.52. The molecule has 0 fully saturated rings. The number of rotatable bonds is 7. The number of amides is 1. The van der Waals surface area contributed by atoms with Gasteiger partial charge in [-0.25, -0.2) is 4.98 Å². The largest absolute Gasteiger partial charge is 0.465 e. The molecule has 25 heavy (non-hydrogen) atoms. The fourth-order valence-corrected chi connectivity index (χ4v) is 3.19. The first-order chi connectivity index (χ1) is 11.8. The van der Waals surface area contributed by atoms with Crippen molar-refractivity contribution < 1.29 is 23.9 Å². The summed E-state index contributed by atoms with van der Waals surface area (Å²) in [5.74, 6) is -2.74. The summed E-state index contributed by atoms with van der Waals surface area (Å²) in [4.78, 5) is 51.3. The van der Waals surface area contributed by atoms with Gasteiger partial charge in [-0.1, -0.05) is 11.3 Å². The van der Waals surface area contributed by atoms with Crippen LogP contribution in [0.3, 0.4) is 0 Å². The predicted octanol–water partition coefficient (Wildman–Crippen LogP) is 2.60. The van der Waals surface area contributed by atoms with Crippen LogP contribution in [0.15, 0.2) is 18.2 Å². The molecule has 1 heterocycles. The van der Waals surface area contributed by atoms with E-state index in [1.807, 2.05) is 0 Å². The molecule has 132 valence electrons. The molecule has 0 aliphatic rings. The van der Waals surface area contributed by atoms with E-state index in [0.717, 1.165) is 4.70 Å². The summed E-state index contributed by atoms with van der Waals surface area (Å²) >= 11 is 1.24. The molecule has 8 heteroatoms. The highest BCUT2D eigenvalue weighted by Crippen LogP contribution is 2.27. The van der Waals surface area contributed by atoms with Gasteiger partial charge in [0.2, 0.25) is 5.91 Å². The third kappa shape index (κ3) is 4.69. The van der Waals surface area contributed by atoms with Crippen LogP contribution in [-0.4, -0.2) is 35.0 Å². The zero-order valence-electron chi connectivity index (χ0n) is 14.1. The number of benzene rings is 1. The van der Waals surface area contributed by atoms with Crippen molar-refractivity contribution in [2.45, 2.75) is 27.2 Å². The minimum Gasteiger partial charge on any atom is -0.465 e. The molecule has 1 unspecified atom stereocenters. The van der Waals surface area contributed by atoms with E-state index < -0.39 is 17.7 Å². The van der Waals surface area contributed by atoms with Crippen LogP contribution in [0.5, 0.6) is 0 Å². The van der Waals surface area contributed by atoms with Gasteiger partial charge >= 0.3 is 5.97 Å². The smallest absolute Gasteiger partial charge is 0.316 e. The fourth-order valence-electron chi connectivity index (χ4n) is 2.24. The Hall–Kier alpha value is -2.61. The average molecular weight is 362 g/mol. The van der Waals surface area contributed by atoms with Gasteiger partial charge in [0.05, 0.1) is 16.8 Å². The molecule has 1 N–H and O–H groups in total. The predicted molar refractivity (Wildman–Crippen MR) is 93.7 cm³/mol. The van der Waals surface area contributed by atoms with E-state index in [9.17, 15) is 19.2 Å². The van der Waals surface area contributed by atoms with Gasteiger partial charge in [-0.2, -0.15) is 0 Å². The number of carbonyl (C=O) groups is 4. The van der Waals surface area contributed by atoms with Gasteiger partial charge in [0, 0.05) is 18.9 Å². The lowest BCUT2D eigenvalue weighted by Gasteiger charge is -2.11. The summed E-state index contributed by atoms with van der Waals surface area (Å²) in [6.07, 6.45) is -0.239. The molecule has 7 nitrogen and oxygen atoms in total. The lowest BCUT2D eigenvalue weighted by atomic mass is 9.95. The van der Waals surface area contributed by atoms with E-state index >= 15 is 0 Å². The monoisotopic (exact) mass is 362 g/mol. The minimum atomic E-state index is -1.10. The Bertz CT molecular complexity index is 843. The molecule has 1 aromatic carbocycles. The minimum absolute atomic E-state index is 0.148. The normalized spacial score (nSPS) is 11.8. The molecule has 1 amide bonds. The van der Waals surface area contributed by atoms with Crippen molar-refractivity contribution >= 4 is 50.1 Å². The van der Waals surface area contributed by atoms with Gasteiger partial charge in [0.25, 0.3) is 0 Å². The molecule has 0 saturated heterocycles. The lowest BCUT2D eigenvalue weighted by molar-refractivity contribution is -0.151. The van der Waals surface area contributed by atoms with Crippen LogP contribution in [0.2, 0.25) is 0 Å². The van der Waals surface area contributed by atoms with E-state index in [0.29, 0.717) is 16.2 Å². The van der Waals surface area contributed by atoms with E-state index in [4.69, 9.17) is 4.74 Å². The zero-order valence-corrected chi connectivity index (χ0v) is 14.9. The molecule has 0 radical (unpaired) electrons. The molecule has 0 aliphatic heterocycles. The van der Waals surface area contributed by atoms with Crippen molar-refractivity contribution in [2.24, 2.45) is 5.92 Å². The molecular formula is C17H18N2O5S. The summed E-state index contributed by atoms with van der Waals surface area (Å²) in [5.41, 5.74) is 1.03. The van der Waals surface area contributed by atoms with E-state index in [2.05, 4.69) is 10.3 Å². The highest BCUT2D eigenvalue weighted by Gasteiger charge is 2.28. The summed E-state index contributed by atoms with van der Waals surface area (Å²) < 4.78 is 5.58. The molecule has 2 rings (SSSR count). The van der Waals surface area contributed by atoms with Crippen molar-refractivity contribution in [3.05, 3.63) is 23.8 Å². The highest BCUT2D eigenvalue weighted by molar-refractivity contribution is 7.22. The Morgan fingerprint density at radius 1 is 1.24 bits per heavy atom. The SMILES string of the molecule is CCOC(=O)C(CC(=O)c1ccc2nc(NC(C)=O)sc2c1)C(C)=O. The number of Topliss-reactive ketones (excluding diaryl/α,β-unsaturated/α-hetero) is 2. The van der Waals surface area contributed by atoms with Crippen molar-refractivity contribution in [1.82, 2.24) is 4.98 Å². The molecule has 1 atom stereocenters. The Kier molecular flexibility index (Phi) is 5.97. The lowest BCUT2D eigenvalue weighted by Crippen LogP contribution is -2.27. The van der Waals surface area contributed by atoms with Gasteiger partial charge in [0.15, 0.2) is 10.9 Å². The number of ketones is 2. The fraction of sp³-hybridized carbons (Fsp3) is 0.353. The average Bonchev–Trinajstić information content (AvgIpc) is 2.92. The Labute approximate surface area is 148 Å². The number of ether oxygens (including phenoxy) is 1. The third-order valence-corrected chi connectivity index (χ3v) is 4.38. The number of carbonyl (C=O) groups excluding carboxylic acids is 4. The number of aromatic nitrogens is 1. The van der Waals surface area contributed by atoms with Crippen LogP contribution in [0.1, 0.15) is 37.6 Å². The van der Waals surface area contributed by atoms with Gasteiger partial charge < -0.3 is 10.1 Å². The van der Waals surface area contributed by atoms with Gasteiger partial charge in [-0.05, 0) is 32.0 Å². The van der Waals surface area contributed by atoms with E-state index in [1.54, 1.807) is 25.1 Å². The summed E-state index contributed by atoms with van der Waals surface area (Å²) in [7, 11) is 0. The summed E-state index contributed by atoms with van der Waals surface area (Å²) in [6, 6.07) is 4.89.